The Labute approximate surface area is 111 Å². The van der Waals surface area contributed by atoms with Gasteiger partial charge in [0.1, 0.15) is 0 Å². The average molecular weight is 267 g/mol. The van der Waals surface area contributed by atoms with Crippen molar-refractivity contribution in [2.45, 2.75) is 12.8 Å². The van der Waals surface area contributed by atoms with Gasteiger partial charge in [0, 0.05) is 12.3 Å². The zero-order valence-corrected chi connectivity index (χ0v) is 10.9. The quantitative estimate of drug-likeness (QED) is 0.430. The van der Waals surface area contributed by atoms with E-state index in [9.17, 15) is 9.59 Å². The van der Waals surface area contributed by atoms with Crippen molar-refractivity contribution in [2.75, 3.05) is 18.1 Å². The summed E-state index contributed by atoms with van der Waals surface area (Å²) in [5.41, 5.74) is 0. The summed E-state index contributed by atoms with van der Waals surface area (Å²) < 4.78 is 0. The van der Waals surface area contributed by atoms with Crippen LogP contribution in [0.1, 0.15) is 12.8 Å². The van der Waals surface area contributed by atoms with Crippen LogP contribution in [-0.2, 0) is 9.59 Å². The molecule has 98 valence electrons. The van der Waals surface area contributed by atoms with Crippen molar-refractivity contribution in [1.29, 1.82) is 0 Å². The topological polar surface area (TPSA) is 66.4 Å². The third-order valence-electron chi connectivity index (χ3n) is 2.82. The fourth-order valence-electron chi connectivity index (χ4n) is 1.89. The van der Waals surface area contributed by atoms with Gasteiger partial charge in [0.25, 0.3) is 0 Å². The molecule has 2 atom stereocenters. The molecule has 0 saturated heterocycles. The van der Waals surface area contributed by atoms with E-state index in [0.717, 1.165) is 5.75 Å². The Morgan fingerprint density at radius 3 is 2.67 bits per heavy atom. The van der Waals surface area contributed by atoms with E-state index in [-0.39, 0.29) is 5.91 Å². The van der Waals surface area contributed by atoms with E-state index in [1.807, 2.05) is 12.2 Å². The number of thioether (sulfide) groups is 1. The first-order chi connectivity index (χ1) is 8.66. The van der Waals surface area contributed by atoms with Gasteiger partial charge in [-0.05, 0) is 12.8 Å². The van der Waals surface area contributed by atoms with Gasteiger partial charge in [0.15, 0.2) is 0 Å². The second-order valence-electron chi connectivity index (χ2n) is 4.04. The average Bonchev–Trinajstić information content (AvgIpc) is 2.38. The van der Waals surface area contributed by atoms with Crippen LogP contribution < -0.4 is 5.32 Å². The smallest absolute Gasteiger partial charge is 0.307 e. The maximum atomic E-state index is 11.9. The van der Waals surface area contributed by atoms with Crippen molar-refractivity contribution < 1.29 is 14.7 Å². The normalized spacial score (nSPS) is 22.2. The Morgan fingerprint density at radius 2 is 2.06 bits per heavy atom. The van der Waals surface area contributed by atoms with Crippen molar-refractivity contribution >= 4 is 23.6 Å². The number of rotatable bonds is 6. The molecule has 1 rings (SSSR count). The van der Waals surface area contributed by atoms with Crippen LogP contribution in [0.5, 0.6) is 0 Å². The molecule has 2 N–H and O–H groups in total. The zero-order valence-electron chi connectivity index (χ0n) is 10.1. The summed E-state index contributed by atoms with van der Waals surface area (Å²) in [5, 5.41) is 11.8. The highest BCUT2D eigenvalue weighted by atomic mass is 32.2. The van der Waals surface area contributed by atoms with Crippen molar-refractivity contribution in [3.8, 4) is 12.3 Å². The second-order valence-corrected chi connectivity index (χ2v) is 5.15. The Balaban J connectivity index is 2.38. The second kappa shape index (κ2) is 7.83. The van der Waals surface area contributed by atoms with E-state index < -0.39 is 17.8 Å². The molecule has 0 saturated carbocycles. The lowest BCUT2D eigenvalue weighted by Crippen LogP contribution is -2.39. The van der Waals surface area contributed by atoms with E-state index in [1.165, 1.54) is 0 Å². The third-order valence-corrected chi connectivity index (χ3v) is 3.68. The summed E-state index contributed by atoms with van der Waals surface area (Å²) in [7, 11) is 0. The van der Waals surface area contributed by atoms with E-state index in [2.05, 4.69) is 11.2 Å². The first-order valence-electron chi connectivity index (χ1n) is 5.83. The van der Waals surface area contributed by atoms with Crippen LogP contribution in [0, 0.1) is 24.2 Å². The molecular formula is C13H17NO3S. The standard InChI is InChI=1S/C13H17NO3S/c1-2-8-18-9-7-14-12(15)10-5-3-4-6-11(10)13(16)17/h1,3-4,10-11H,5-9H2,(H,14,15)(H,16,17). The molecule has 1 aliphatic rings. The molecule has 1 aliphatic carbocycles. The number of amides is 1. The molecule has 2 unspecified atom stereocenters. The monoisotopic (exact) mass is 267 g/mol. The number of hydrogen-bond acceptors (Lipinski definition) is 3. The van der Waals surface area contributed by atoms with E-state index in [1.54, 1.807) is 11.8 Å². The number of carboxylic acids is 1. The van der Waals surface area contributed by atoms with E-state index in [4.69, 9.17) is 11.5 Å². The molecule has 0 bridgehead atoms. The van der Waals surface area contributed by atoms with Gasteiger partial charge >= 0.3 is 5.97 Å². The van der Waals surface area contributed by atoms with Gasteiger partial charge in [-0.1, -0.05) is 18.1 Å². The molecule has 5 heteroatoms. The molecule has 0 aliphatic heterocycles. The van der Waals surface area contributed by atoms with Gasteiger partial charge in [-0.25, -0.2) is 0 Å². The van der Waals surface area contributed by atoms with Gasteiger partial charge in [-0.2, -0.15) is 0 Å². The molecule has 0 heterocycles. The summed E-state index contributed by atoms with van der Waals surface area (Å²) in [5.74, 6) is 1.74. The predicted octanol–water partition coefficient (Wildman–Crippen LogP) is 1.14. The molecule has 18 heavy (non-hydrogen) atoms. The molecule has 0 radical (unpaired) electrons. The van der Waals surface area contributed by atoms with Crippen molar-refractivity contribution in [1.82, 2.24) is 5.32 Å². The summed E-state index contributed by atoms with van der Waals surface area (Å²) in [6.07, 6.45) is 9.73. The van der Waals surface area contributed by atoms with E-state index >= 15 is 0 Å². The van der Waals surface area contributed by atoms with Crippen molar-refractivity contribution in [3.63, 3.8) is 0 Å². The Bertz CT molecular complexity index is 373. The van der Waals surface area contributed by atoms with E-state index in [0.29, 0.717) is 25.1 Å². The summed E-state index contributed by atoms with van der Waals surface area (Å²) >= 11 is 1.57. The van der Waals surface area contributed by atoms with Gasteiger partial charge in [-0.3, -0.25) is 9.59 Å². The molecule has 0 fully saturated rings. The number of allylic oxidation sites excluding steroid dienone is 2. The predicted molar refractivity (Wildman–Crippen MR) is 72.2 cm³/mol. The van der Waals surface area contributed by atoms with Gasteiger partial charge in [-0.15, -0.1) is 18.2 Å². The van der Waals surface area contributed by atoms with Crippen LogP contribution >= 0.6 is 11.8 Å². The summed E-state index contributed by atoms with van der Waals surface area (Å²) in [4.78, 5) is 22.9. The molecule has 0 spiro atoms. The Morgan fingerprint density at radius 1 is 1.39 bits per heavy atom. The first kappa shape index (κ1) is 14.7. The van der Waals surface area contributed by atoms with Crippen LogP contribution in [0.3, 0.4) is 0 Å². The summed E-state index contributed by atoms with van der Waals surface area (Å²) in [6.45, 7) is 0.526. The molecule has 0 aromatic carbocycles. The minimum absolute atomic E-state index is 0.173. The Kier molecular flexibility index (Phi) is 6.37. The molecular weight excluding hydrogens is 250 g/mol. The lowest BCUT2D eigenvalue weighted by Gasteiger charge is -2.24. The molecule has 0 aromatic rings. The molecule has 1 amide bonds. The van der Waals surface area contributed by atoms with Crippen molar-refractivity contribution in [2.24, 2.45) is 11.8 Å². The molecule has 4 nitrogen and oxygen atoms in total. The first-order valence-corrected chi connectivity index (χ1v) is 6.99. The minimum atomic E-state index is -0.902. The Hall–Kier alpha value is -1.41. The van der Waals surface area contributed by atoms with Crippen LogP contribution in [0.25, 0.3) is 0 Å². The number of carbonyl (C=O) groups is 2. The fraction of sp³-hybridized carbons (Fsp3) is 0.538. The summed E-state index contributed by atoms with van der Waals surface area (Å²) in [6, 6.07) is 0. The van der Waals surface area contributed by atoms with Gasteiger partial charge in [0.2, 0.25) is 5.91 Å². The van der Waals surface area contributed by atoms with Crippen LogP contribution in [0.15, 0.2) is 12.2 Å². The number of carboxylic acid groups (broad SMARTS) is 1. The highest BCUT2D eigenvalue weighted by Gasteiger charge is 2.33. The van der Waals surface area contributed by atoms with Crippen molar-refractivity contribution in [3.05, 3.63) is 12.2 Å². The molecule has 0 aromatic heterocycles. The zero-order chi connectivity index (χ0) is 13.4. The van der Waals surface area contributed by atoms with Gasteiger partial charge < -0.3 is 10.4 Å². The number of terminal acetylenes is 1. The largest absolute Gasteiger partial charge is 0.481 e. The number of nitrogens with one attached hydrogen (secondary N) is 1. The fourth-order valence-corrected chi connectivity index (χ4v) is 2.39. The number of carbonyl (C=O) groups excluding carboxylic acids is 1. The third kappa shape index (κ3) is 4.46. The van der Waals surface area contributed by atoms with Crippen LogP contribution in [0.4, 0.5) is 0 Å². The van der Waals surface area contributed by atoms with Crippen LogP contribution in [-0.4, -0.2) is 35.0 Å². The lowest BCUT2D eigenvalue weighted by molar-refractivity contribution is -0.147. The maximum absolute atomic E-state index is 11.9. The highest BCUT2D eigenvalue weighted by molar-refractivity contribution is 7.99. The lowest BCUT2D eigenvalue weighted by atomic mass is 9.82. The number of hydrogen-bond donors (Lipinski definition) is 2. The SMILES string of the molecule is C#CCSCCNC(=O)C1CC=CCC1C(=O)O. The van der Waals surface area contributed by atoms with Crippen LogP contribution in [0.2, 0.25) is 0 Å². The maximum Gasteiger partial charge on any atom is 0.307 e. The van der Waals surface area contributed by atoms with Gasteiger partial charge in [0.05, 0.1) is 17.6 Å². The number of aliphatic carboxylic acids is 1. The minimum Gasteiger partial charge on any atom is -0.481 e. The highest BCUT2D eigenvalue weighted by Crippen LogP contribution is 2.25.